The number of nitrogens with two attached hydrogens (primary N) is 1. The van der Waals surface area contributed by atoms with E-state index in [1.807, 2.05) is 0 Å². The van der Waals surface area contributed by atoms with Crippen molar-refractivity contribution in [3.8, 4) is 0 Å². The van der Waals surface area contributed by atoms with E-state index in [9.17, 15) is 0 Å². The molecular weight excluding hydrogens is 184 g/mol. The Bertz CT molecular complexity index is 171. The molecule has 2 nitrogen and oxygen atoms in total. The summed E-state index contributed by atoms with van der Waals surface area (Å²) in [5.74, 6) is 0.866. The summed E-state index contributed by atoms with van der Waals surface area (Å²) >= 11 is 0. The van der Waals surface area contributed by atoms with E-state index in [1.165, 1.54) is 32.1 Å². The summed E-state index contributed by atoms with van der Waals surface area (Å²) in [6.07, 6.45) is 8.20. The predicted molar refractivity (Wildman–Crippen MR) is 66.9 cm³/mol. The molecule has 0 aliphatic heterocycles. The highest BCUT2D eigenvalue weighted by Crippen LogP contribution is 2.36. The molecule has 0 radical (unpaired) electrons. The SMILES string of the molecule is CNC(C1CCCCC1)C(C)(C)CCN. The maximum atomic E-state index is 5.71. The van der Waals surface area contributed by atoms with Gasteiger partial charge in [0, 0.05) is 6.04 Å². The number of hydrogen-bond acceptors (Lipinski definition) is 2. The molecule has 1 rings (SSSR count). The van der Waals surface area contributed by atoms with Gasteiger partial charge >= 0.3 is 0 Å². The lowest BCUT2D eigenvalue weighted by Crippen LogP contribution is -2.47. The van der Waals surface area contributed by atoms with Gasteiger partial charge in [-0.15, -0.1) is 0 Å². The summed E-state index contributed by atoms with van der Waals surface area (Å²) in [6.45, 7) is 5.52. The third kappa shape index (κ3) is 3.46. The summed E-state index contributed by atoms with van der Waals surface area (Å²) in [5.41, 5.74) is 6.05. The van der Waals surface area contributed by atoms with Gasteiger partial charge in [0.15, 0.2) is 0 Å². The fraction of sp³-hybridized carbons (Fsp3) is 1.00. The van der Waals surface area contributed by atoms with Crippen LogP contribution < -0.4 is 11.1 Å². The van der Waals surface area contributed by atoms with Crippen LogP contribution in [0.2, 0.25) is 0 Å². The molecule has 2 heteroatoms. The van der Waals surface area contributed by atoms with Crippen LogP contribution in [0.25, 0.3) is 0 Å². The second kappa shape index (κ2) is 5.86. The Morgan fingerprint density at radius 3 is 2.33 bits per heavy atom. The zero-order chi connectivity index (χ0) is 11.3. The van der Waals surface area contributed by atoms with Crippen molar-refractivity contribution in [2.75, 3.05) is 13.6 Å². The molecule has 0 bridgehead atoms. The van der Waals surface area contributed by atoms with Crippen LogP contribution in [0.5, 0.6) is 0 Å². The molecule has 1 unspecified atom stereocenters. The number of rotatable bonds is 5. The van der Waals surface area contributed by atoms with Gasteiger partial charge in [-0.2, -0.15) is 0 Å². The monoisotopic (exact) mass is 212 g/mol. The highest BCUT2D eigenvalue weighted by atomic mass is 14.9. The van der Waals surface area contributed by atoms with Crippen LogP contribution in [-0.4, -0.2) is 19.6 Å². The fourth-order valence-electron chi connectivity index (χ4n) is 3.26. The van der Waals surface area contributed by atoms with Crippen molar-refractivity contribution in [2.24, 2.45) is 17.1 Å². The summed E-state index contributed by atoms with van der Waals surface area (Å²) in [7, 11) is 2.11. The summed E-state index contributed by atoms with van der Waals surface area (Å²) in [4.78, 5) is 0. The minimum absolute atomic E-state index is 0.339. The highest BCUT2D eigenvalue weighted by Gasteiger charge is 2.34. The average molecular weight is 212 g/mol. The Kier molecular flexibility index (Phi) is 5.07. The molecule has 0 heterocycles. The molecule has 1 fully saturated rings. The lowest BCUT2D eigenvalue weighted by molar-refractivity contribution is 0.142. The van der Waals surface area contributed by atoms with E-state index >= 15 is 0 Å². The second-order valence-electron chi connectivity index (χ2n) is 5.69. The van der Waals surface area contributed by atoms with Gasteiger partial charge in [-0.25, -0.2) is 0 Å². The van der Waals surface area contributed by atoms with E-state index in [1.54, 1.807) is 0 Å². The molecule has 15 heavy (non-hydrogen) atoms. The van der Waals surface area contributed by atoms with Crippen LogP contribution in [0.15, 0.2) is 0 Å². The molecule has 1 aliphatic carbocycles. The number of nitrogens with one attached hydrogen (secondary N) is 1. The van der Waals surface area contributed by atoms with Gasteiger partial charge in [0.1, 0.15) is 0 Å². The molecule has 0 saturated heterocycles. The molecule has 1 aliphatic rings. The van der Waals surface area contributed by atoms with Gasteiger partial charge in [0.2, 0.25) is 0 Å². The predicted octanol–water partition coefficient (Wildman–Crippen LogP) is 2.53. The normalized spacial score (nSPS) is 21.6. The van der Waals surface area contributed by atoms with Gasteiger partial charge in [0.05, 0.1) is 0 Å². The van der Waals surface area contributed by atoms with Crippen LogP contribution in [-0.2, 0) is 0 Å². The zero-order valence-electron chi connectivity index (χ0n) is 10.7. The first-order valence-corrected chi connectivity index (χ1v) is 6.49. The van der Waals surface area contributed by atoms with E-state index in [0.717, 1.165) is 18.9 Å². The van der Waals surface area contributed by atoms with E-state index in [2.05, 4.69) is 26.2 Å². The molecule has 0 aromatic carbocycles. The minimum atomic E-state index is 0.339. The first kappa shape index (κ1) is 13.0. The molecule has 3 N–H and O–H groups in total. The Labute approximate surface area is 95.0 Å². The van der Waals surface area contributed by atoms with Crippen LogP contribution in [0, 0.1) is 11.3 Å². The third-order valence-corrected chi connectivity index (χ3v) is 4.06. The highest BCUT2D eigenvalue weighted by molar-refractivity contribution is 4.89. The standard InChI is InChI=1S/C13H28N2/c1-13(2,9-10-14)12(15-3)11-7-5-4-6-8-11/h11-12,15H,4-10,14H2,1-3H3. The molecule has 90 valence electrons. The van der Waals surface area contributed by atoms with Crippen molar-refractivity contribution in [1.29, 1.82) is 0 Å². The van der Waals surface area contributed by atoms with Crippen molar-refractivity contribution in [3.63, 3.8) is 0 Å². The largest absolute Gasteiger partial charge is 0.330 e. The van der Waals surface area contributed by atoms with Crippen LogP contribution in [0.1, 0.15) is 52.4 Å². The van der Waals surface area contributed by atoms with Gasteiger partial charge in [-0.1, -0.05) is 33.1 Å². The number of hydrogen-bond donors (Lipinski definition) is 2. The van der Waals surface area contributed by atoms with Crippen LogP contribution in [0.3, 0.4) is 0 Å². The molecule has 0 amide bonds. The fourth-order valence-corrected chi connectivity index (χ4v) is 3.26. The average Bonchev–Trinajstić information content (AvgIpc) is 2.19. The van der Waals surface area contributed by atoms with Crippen molar-refractivity contribution in [2.45, 2.75) is 58.4 Å². The topological polar surface area (TPSA) is 38.0 Å². The third-order valence-electron chi connectivity index (χ3n) is 4.06. The Hall–Kier alpha value is -0.0800. The Balaban J connectivity index is 2.59. The Morgan fingerprint density at radius 2 is 1.87 bits per heavy atom. The maximum absolute atomic E-state index is 5.71. The quantitative estimate of drug-likeness (QED) is 0.735. The first-order valence-electron chi connectivity index (χ1n) is 6.49. The van der Waals surface area contributed by atoms with Crippen molar-refractivity contribution < 1.29 is 0 Å². The van der Waals surface area contributed by atoms with Gasteiger partial charge < -0.3 is 11.1 Å². The van der Waals surface area contributed by atoms with E-state index in [0.29, 0.717) is 11.5 Å². The molecule has 0 aromatic rings. The minimum Gasteiger partial charge on any atom is -0.330 e. The summed E-state index contributed by atoms with van der Waals surface area (Å²) in [5, 5.41) is 3.54. The van der Waals surface area contributed by atoms with Crippen molar-refractivity contribution in [3.05, 3.63) is 0 Å². The summed E-state index contributed by atoms with van der Waals surface area (Å²) in [6, 6.07) is 0.640. The molecule has 1 atom stereocenters. The van der Waals surface area contributed by atoms with Gasteiger partial charge in [-0.3, -0.25) is 0 Å². The van der Waals surface area contributed by atoms with Crippen LogP contribution in [0.4, 0.5) is 0 Å². The second-order valence-corrected chi connectivity index (χ2v) is 5.69. The molecule has 0 spiro atoms. The first-order chi connectivity index (χ1) is 7.11. The zero-order valence-corrected chi connectivity index (χ0v) is 10.7. The van der Waals surface area contributed by atoms with E-state index in [4.69, 9.17) is 5.73 Å². The maximum Gasteiger partial charge on any atom is 0.0144 e. The van der Waals surface area contributed by atoms with Gasteiger partial charge in [-0.05, 0) is 44.2 Å². The van der Waals surface area contributed by atoms with E-state index < -0.39 is 0 Å². The lowest BCUT2D eigenvalue weighted by Gasteiger charge is -2.41. The molecule has 1 saturated carbocycles. The van der Waals surface area contributed by atoms with E-state index in [-0.39, 0.29) is 0 Å². The van der Waals surface area contributed by atoms with Crippen molar-refractivity contribution >= 4 is 0 Å². The van der Waals surface area contributed by atoms with Crippen molar-refractivity contribution in [1.82, 2.24) is 5.32 Å². The molecular formula is C13H28N2. The lowest BCUT2D eigenvalue weighted by atomic mass is 9.70. The van der Waals surface area contributed by atoms with Crippen LogP contribution >= 0.6 is 0 Å². The smallest absolute Gasteiger partial charge is 0.0144 e. The van der Waals surface area contributed by atoms with Gasteiger partial charge in [0.25, 0.3) is 0 Å². The molecule has 0 aromatic heterocycles. The Morgan fingerprint density at radius 1 is 1.27 bits per heavy atom. The summed E-state index contributed by atoms with van der Waals surface area (Å²) < 4.78 is 0.